The van der Waals surface area contributed by atoms with Gasteiger partial charge in [0, 0.05) is 30.0 Å². The third-order valence-corrected chi connectivity index (χ3v) is 5.00. The SMILES string of the molecule is Cc1noc(C)c1CCC(=O)NCc1cc(-c2ccc3c(c2)O[C@@H](C)C3)on1. The fourth-order valence-corrected chi connectivity index (χ4v) is 3.46. The minimum atomic E-state index is -0.0514. The Morgan fingerprint density at radius 3 is 2.86 bits per heavy atom. The molecule has 0 saturated heterocycles. The number of aromatic nitrogens is 2. The van der Waals surface area contributed by atoms with Gasteiger partial charge in [0.1, 0.15) is 23.3 Å². The number of rotatable bonds is 6. The molecule has 0 unspecified atom stereocenters. The van der Waals surface area contributed by atoms with Crippen molar-refractivity contribution in [1.29, 1.82) is 0 Å². The molecule has 1 aliphatic rings. The lowest BCUT2D eigenvalue weighted by Crippen LogP contribution is -2.23. The lowest BCUT2D eigenvalue weighted by molar-refractivity contribution is -0.121. The molecule has 0 bridgehead atoms. The number of fused-ring (bicyclic) bond motifs is 1. The molecule has 1 N–H and O–H groups in total. The topological polar surface area (TPSA) is 90.4 Å². The van der Waals surface area contributed by atoms with Crippen LogP contribution in [0.2, 0.25) is 0 Å². The highest BCUT2D eigenvalue weighted by Gasteiger charge is 2.20. The van der Waals surface area contributed by atoms with Crippen molar-refractivity contribution in [3.05, 3.63) is 52.5 Å². The van der Waals surface area contributed by atoms with E-state index in [1.165, 1.54) is 5.56 Å². The van der Waals surface area contributed by atoms with Crippen molar-refractivity contribution in [2.24, 2.45) is 0 Å². The maximum atomic E-state index is 12.1. The summed E-state index contributed by atoms with van der Waals surface area (Å²) in [4.78, 5) is 12.1. The smallest absolute Gasteiger partial charge is 0.220 e. The summed E-state index contributed by atoms with van der Waals surface area (Å²) in [6, 6.07) is 7.89. The monoisotopic (exact) mass is 381 g/mol. The van der Waals surface area contributed by atoms with E-state index in [2.05, 4.69) is 28.6 Å². The third-order valence-electron chi connectivity index (χ3n) is 5.00. The average Bonchev–Trinajstić information content (AvgIpc) is 3.36. The second kappa shape index (κ2) is 7.50. The molecule has 7 heteroatoms. The highest BCUT2D eigenvalue weighted by Crippen LogP contribution is 2.33. The van der Waals surface area contributed by atoms with Crippen LogP contribution in [0, 0.1) is 13.8 Å². The van der Waals surface area contributed by atoms with E-state index in [-0.39, 0.29) is 12.0 Å². The van der Waals surface area contributed by atoms with Crippen LogP contribution >= 0.6 is 0 Å². The van der Waals surface area contributed by atoms with Crippen LogP contribution in [0.1, 0.15) is 41.6 Å². The van der Waals surface area contributed by atoms with Gasteiger partial charge in [-0.25, -0.2) is 0 Å². The molecule has 1 atom stereocenters. The molecule has 7 nitrogen and oxygen atoms in total. The van der Waals surface area contributed by atoms with Gasteiger partial charge in [-0.15, -0.1) is 0 Å². The number of benzene rings is 1. The Kier molecular flexibility index (Phi) is 4.90. The predicted octanol–water partition coefficient (Wildman–Crippen LogP) is 3.52. The van der Waals surface area contributed by atoms with Gasteiger partial charge in [-0.2, -0.15) is 0 Å². The number of hydrogen-bond donors (Lipinski definition) is 1. The minimum absolute atomic E-state index is 0.0514. The summed E-state index contributed by atoms with van der Waals surface area (Å²) in [6.45, 7) is 6.11. The minimum Gasteiger partial charge on any atom is -0.490 e. The van der Waals surface area contributed by atoms with Gasteiger partial charge in [0.2, 0.25) is 5.91 Å². The van der Waals surface area contributed by atoms with Crippen LogP contribution in [0.3, 0.4) is 0 Å². The van der Waals surface area contributed by atoms with Crippen molar-refractivity contribution in [2.75, 3.05) is 0 Å². The zero-order valence-electron chi connectivity index (χ0n) is 16.2. The van der Waals surface area contributed by atoms with Crippen molar-refractivity contribution in [1.82, 2.24) is 15.6 Å². The fourth-order valence-electron chi connectivity index (χ4n) is 3.46. The number of nitrogens with zero attached hydrogens (tertiary/aromatic N) is 2. The van der Waals surface area contributed by atoms with E-state index in [0.717, 1.165) is 34.8 Å². The number of hydrogen-bond acceptors (Lipinski definition) is 6. The zero-order valence-corrected chi connectivity index (χ0v) is 16.2. The van der Waals surface area contributed by atoms with E-state index in [0.29, 0.717) is 30.8 Å². The van der Waals surface area contributed by atoms with E-state index in [1.54, 1.807) is 0 Å². The van der Waals surface area contributed by atoms with Gasteiger partial charge in [-0.05, 0) is 38.8 Å². The first-order valence-electron chi connectivity index (χ1n) is 9.43. The maximum absolute atomic E-state index is 12.1. The van der Waals surface area contributed by atoms with E-state index >= 15 is 0 Å². The Morgan fingerprint density at radius 2 is 2.07 bits per heavy atom. The van der Waals surface area contributed by atoms with Crippen molar-refractivity contribution >= 4 is 5.91 Å². The van der Waals surface area contributed by atoms with Gasteiger partial charge in [0.05, 0.1) is 12.2 Å². The Hall–Kier alpha value is -3.09. The van der Waals surface area contributed by atoms with Gasteiger partial charge >= 0.3 is 0 Å². The summed E-state index contributed by atoms with van der Waals surface area (Å²) in [5, 5.41) is 10.8. The molecule has 1 aliphatic heterocycles. The van der Waals surface area contributed by atoms with Crippen LogP contribution in [0.15, 0.2) is 33.3 Å². The molecule has 0 radical (unpaired) electrons. The van der Waals surface area contributed by atoms with E-state index in [4.69, 9.17) is 13.8 Å². The number of amides is 1. The normalized spacial score (nSPS) is 15.3. The van der Waals surface area contributed by atoms with Gasteiger partial charge in [0.25, 0.3) is 0 Å². The molecule has 0 fully saturated rings. The first kappa shape index (κ1) is 18.3. The van der Waals surface area contributed by atoms with Crippen molar-refractivity contribution in [3.8, 4) is 17.1 Å². The Balaban J connectivity index is 1.33. The molecule has 28 heavy (non-hydrogen) atoms. The summed E-state index contributed by atoms with van der Waals surface area (Å²) in [7, 11) is 0. The van der Waals surface area contributed by atoms with Crippen LogP contribution < -0.4 is 10.1 Å². The summed E-state index contributed by atoms with van der Waals surface area (Å²) < 4.78 is 16.4. The van der Waals surface area contributed by atoms with Gasteiger partial charge in [0.15, 0.2) is 5.76 Å². The number of nitrogens with one attached hydrogen (secondary N) is 1. The molecule has 1 amide bonds. The predicted molar refractivity (Wildman–Crippen MR) is 102 cm³/mol. The Bertz CT molecular complexity index is 986. The first-order valence-corrected chi connectivity index (χ1v) is 9.43. The van der Waals surface area contributed by atoms with Crippen LogP contribution in [0.25, 0.3) is 11.3 Å². The molecule has 1 aromatic carbocycles. The maximum Gasteiger partial charge on any atom is 0.220 e. The molecule has 2 aromatic heterocycles. The summed E-state index contributed by atoms with van der Waals surface area (Å²) >= 11 is 0. The lowest BCUT2D eigenvalue weighted by atomic mass is 10.1. The van der Waals surface area contributed by atoms with Gasteiger partial charge in [-0.1, -0.05) is 22.4 Å². The molecule has 0 saturated carbocycles. The molecular formula is C21H23N3O4. The fraction of sp³-hybridized carbons (Fsp3) is 0.381. The standard InChI is InChI=1S/C21H23N3O4/c1-12-8-15-4-5-16(9-19(15)26-12)20-10-17(24-28-20)11-22-21(25)7-6-18-13(2)23-27-14(18)3/h4-5,9-10,12H,6-8,11H2,1-3H3,(H,22,25)/t12-/m0/s1. The lowest BCUT2D eigenvalue weighted by Gasteiger charge is -2.03. The summed E-state index contributed by atoms with van der Waals surface area (Å²) in [6.07, 6.45) is 2.10. The van der Waals surface area contributed by atoms with E-state index in [1.807, 2.05) is 32.0 Å². The van der Waals surface area contributed by atoms with Crippen LogP contribution in [0.4, 0.5) is 0 Å². The number of carbonyl (C=O) groups excluding carboxylic acids is 1. The quantitative estimate of drug-likeness (QED) is 0.703. The Labute approximate surface area is 163 Å². The second-order valence-electron chi connectivity index (χ2n) is 7.22. The summed E-state index contributed by atoms with van der Waals surface area (Å²) in [5.74, 6) is 2.27. The highest BCUT2D eigenvalue weighted by molar-refractivity contribution is 5.76. The largest absolute Gasteiger partial charge is 0.490 e. The van der Waals surface area contributed by atoms with Gasteiger partial charge < -0.3 is 19.1 Å². The summed E-state index contributed by atoms with van der Waals surface area (Å²) in [5.41, 5.74) is 4.62. The van der Waals surface area contributed by atoms with Crippen molar-refractivity contribution in [2.45, 2.75) is 52.7 Å². The van der Waals surface area contributed by atoms with Crippen LogP contribution in [-0.2, 0) is 24.2 Å². The third kappa shape index (κ3) is 3.78. The molecule has 0 aliphatic carbocycles. The van der Waals surface area contributed by atoms with Gasteiger partial charge in [-0.3, -0.25) is 4.79 Å². The van der Waals surface area contributed by atoms with Crippen LogP contribution in [0.5, 0.6) is 5.75 Å². The Morgan fingerprint density at radius 1 is 1.21 bits per heavy atom. The number of aryl methyl sites for hydroxylation is 2. The number of carbonyl (C=O) groups is 1. The second-order valence-corrected chi connectivity index (χ2v) is 7.22. The van der Waals surface area contributed by atoms with Crippen LogP contribution in [-0.4, -0.2) is 22.3 Å². The molecule has 3 heterocycles. The van der Waals surface area contributed by atoms with Crippen molar-refractivity contribution < 1.29 is 18.6 Å². The first-order chi connectivity index (χ1) is 13.5. The number of ether oxygens (including phenoxy) is 1. The average molecular weight is 381 g/mol. The molecule has 0 spiro atoms. The molecule has 4 rings (SSSR count). The molecule has 146 valence electrons. The molecule has 3 aromatic rings. The highest BCUT2D eigenvalue weighted by atomic mass is 16.5. The molecular weight excluding hydrogens is 358 g/mol. The zero-order chi connectivity index (χ0) is 19.7. The van der Waals surface area contributed by atoms with E-state index in [9.17, 15) is 4.79 Å². The van der Waals surface area contributed by atoms with Crippen molar-refractivity contribution in [3.63, 3.8) is 0 Å². The van der Waals surface area contributed by atoms with E-state index < -0.39 is 0 Å².